The number of carbonyl (C=O) groups excluding carboxylic acids is 1. The van der Waals surface area contributed by atoms with Crippen molar-refractivity contribution < 1.29 is 19.0 Å². The summed E-state index contributed by atoms with van der Waals surface area (Å²) < 4.78 is 16.5. The van der Waals surface area contributed by atoms with Crippen LogP contribution in [0.1, 0.15) is 20.3 Å². The molecule has 0 fully saturated rings. The van der Waals surface area contributed by atoms with Crippen LogP contribution in [0, 0.1) is 0 Å². The maximum atomic E-state index is 12.4. The maximum Gasteiger partial charge on any atom is 0.261 e. The van der Waals surface area contributed by atoms with Crippen LogP contribution in [0.15, 0.2) is 48.5 Å². The molecular formula is C20H24ClNO4. The van der Waals surface area contributed by atoms with E-state index in [9.17, 15) is 4.79 Å². The zero-order chi connectivity index (χ0) is 18.9. The molecular weight excluding hydrogens is 354 g/mol. The molecule has 26 heavy (non-hydrogen) atoms. The Labute approximate surface area is 159 Å². The summed E-state index contributed by atoms with van der Waals surface area (Å²) in [6.07, 6.45) is -0.0137. The van der Waals surface area contributed by atoms with E-state index in [0.29, 0.717) is 23.8 Å². The molecule has 0 radical (unpaired) electrons. The summed E-state index contributed by atoms with van der Waals surface area (Å²) in [6.45, 7) is 4.14. The number of amides is 1. The van der Waals surface area contributed by atoms with E-state index in [1.165, 1.54) is 0 Å². The van der Waals surface area contributed by atoms with Gasteiger partial charge in [0.2, 0.25) is 0 Å². The Bertz CT molecular complexity index is 688. The first-order valence-corrected chi connectivity index (χ1v) is 8.89. The summed E-state index contributed by atoms with van der Waals surface area (Å²) in [5.41, 5.74) is 0. The van der Waals surface area contributed by atoms with Crippen molar-refractivity contribution in [2.75, 3.05) is 13.7 Å². The van der Waals surface area contributed by atoms with Gasteiger partial charge in [0, 0.05) is 5.02 Å². The number of carbonyl (C=O) groups is 1. The van der Waals surface area contributed by atoms with Gasteiger partial charge in [0.1, 0.15) is 23.9 Å². The smallest absolute Gasteiger partial charge is 0.261 e. The molecule has 1 N–H and O–H groups in total. The van der Waals surface area contributed by atoms with Crippen LogP contribution in [0.3, 0.4) is 0 Å². The minimum atomic E-state index is -0.570. The fourth-order valence-electron chi connectivity index (χ4n) is 2.27. The van der Waals surface area contributed by atoms with E-state index in [2.05, 4.69) is 5.32 Å². The highest BCUT2D eigenvalue weighted by molar-refractivity contribution is 6.30. The van der Waals surface area contributed by atoms with E-state index in [1.54, 1.807) is 31.4 Å². The summed E-state index contributed by atoms with van der Waals surface area (Å²) in [5.74, 6) is 1.92. The molecule has 2 aromatic carbocycles. The van der Waals surface area contributed by atoms with Gasteiger partial charge in [0.15, 0.2) is 6.10 Å². The average molecular weight is 378 g/mol. The largest absolute Gasteiger partial charge is 0.497 e. The number of halogens is 1. The monoisotopic (exact) mass is 377 g/mol. The first-order chi connectivity index (χ1) is 12.5. The van der Waals surface area contributed by atoms with E-state index in [-0.39, 0.29) is 11.9 Å². The minimum absolute atomic E-state index is 0.160. The minimum Gasteiger partial charge on any atom is -0.497 e. The molecule has 0 bridgehead atoms. The molecule has 6 heteroatoms. The third-order valence-electron chi connectivity index (χ3n) is 3.70. The van der Waals surface area contributed by atoms with Gasteiger partial charge in [0.05, 0.1) is 13.2 Å². The number of hydrogen-bond donors (Lipinski definition) is 1. The lowest BCUT2D eigenvalue weighted by Gasteiger charge is -2.21. The van der Waals surface area contributed by atoms with E-state index in [0.717, 1.165) is 11.5 Å². The van der Waals surface area contributed by atoms with Crippen LogP contribution in [0.25, 0.3) is 0 Å². The van der Waals surface area contributed by atoms with Crippen molar-refractivity contribution >= 4 is 17.5 Å². The highest BCUT2D eigenvalue weighted by Crippen LogP contribution is 2.18. The summed E-state index contributed by atoms with van der Waals surface area (Å²) in [4.78, 5) is 12.4. The van der Waals surface area contributed by atoms with Gasteiger partial charge in [-0.2, -0.15) is 0 Å². The molecule has 140 valence electrons. The lowest BCUT2D eigenvalue weighted by molar-refractivity contribution is -0.128. The fourth-order valence-corrected chi connectivity index (χ4v) is 2.40. The Morgan fingerprint density at radius 2 is 1.62 bits per heavy atom. The highest BCUT2D eigenvalue weighted by Gasteiger charge is 2.20. The maximum absolute atomic E-state index is 12.4. The van der Waals surface area contributed by atoms with Gasteiger partial charge in [-0.15, -0.1) is 0 Å². The fraction of sp³-hybridized carbons (Fsp3) is 0.350. The molecule has 0 aliphatic heterocycles. The standard InChI is InChI=1S/C20H24ClNO4/c1-4-19(26-18-7-5-15(21)6-8-18)20(23)22-14(2)13-25-17-11-9-16(24-3)10-12-17/h5-12,14,19H,4,13H2,1-3H3,(H,22,23)/t14-,19+/m0/s1. The average Bonchev–Trinajstić information content (AvgIpc) is 2.66. The summed E-state index contributed by atoms with van der Waals surface area (Å²) in [7, 11) is 1.61. The van der Waals surface area contributed by atoms with Gasteiger partial charge in [-0.1, -0.05) is 18.5 Å². The van der Waals surface area contributed by atoms with Gasteiger partial charge in [-0.3, -0.25) is 4.79 Å². The predicted molar refractivity (Wildman–Crippen MR) is 102 cm³/mol. The summed E-state index contributed by atoms with van der Waals surface area (Å²) >= 11 is 5.86. The van der Waals surface area contributed by atoms with Gasteiger partial charge >= 0.3 is 0 Å². The molecule has 0 saturated carbocycles. The zero-order valence-electron chi connectivity index (χ0n) is 15.2. The molecule has 0 aliphatic rings. The molecule has 2 aromatic rings. The second-order valence-electron chi connectivity index (χ2n) is 5.86. The van der Waals surface area contributed by atoms with E-state index >= 15 is 0 Å². The van der Waals surface area contributed by atoms with Crippen molar-refractivity contribution in [1.82, 2.24) is 5.32 Å². The van der Waals surface area contributed by atoms with E-state index in [1.807, 2.05) is 38.1 Å². The van der Waals surface area contributed by atoms with Crippen LogP contribution in [0.5, 0.6) is 17.2 Å². The topological polar surface area (TPSA) is 56.8 Å². The summed E-state index contributed by atoms with van der Waals surface area (Å²) in [6, 6.07) is 14.1. The Morgan fingerprint density at radius 3 is 2.19 bits per heavy atom. The number of rotatable bonds is 9. The SMILES string of the molecule is CC[C@@H](Oc1ccc(Cl)cc1)C(=O)N[C@@H](C)COc1ccc(OC)cc1. The van der Waals surface area contributed by atoms with E-state index < -0.39 is 6.10 Å². The summed E-state index contributed by atoms with van der Waals surface area (Å²) in [5, 5.41) is 3.54. The third kappa shape index (κ3) is 6.15. The first-order valence-electron chi connectivity index (χ1n) is 8.51. The van der Waals surface area contributed by atoms with Crippen LogP contribution in [-0.4, -0.2) is 31.8 Å². The number of nitrogens with one attached hydrogen (secondary N) is 1. The Balaban J connectivity index is 1.82. The molecule has 2 rings (SSSR count). The Kier molecular flexibility index (Phi) is 7.60. The molecule has 0 saturated heterocycles. The molecule has 0 unspecified atom stereocenters. The van der Waals surface area contributed by atoms with Crippen molar-refractivity contribution in [3.63, 3.8) is 0 Å². The van der Waals surface area contributed by atoms with Crippen LogP contribution in [-0.2, 0) is 4.79 Å². The van der Waals surface area contributed by atoms with Crippen molar-refractivity contribution in [2.45, 2.75) is 32.4 Å². The number of methoxy groups -OCH3 is 1. The quantitative estimate of drug-likeness (QED) is 0.715. The molecule has 0 spiro atoms. The van der Waals surface area contributed by atoms with Crippen LogP contribution >= 0.6 is 11.6 Å². The highest BCUT2D eigenvalue weighted by atomic mass is 35.5. The lowest BCUT2D eigenvalue weighted by Crippen LogP contribution is -2.44. The lowest BCUT2D eigenvalue weighted by atomic mass is 10.2. The van der Waals surface area contributed by atoms with Crippen molar-refractivity contribution in [1.29, 1.82) is 0 Å². The predicted octanol–water partition coefficient (Wildman–Crippen LogP) is 4.09. The van der Waals surface area contributed by atoms with Crippen molar-refractivity contribution in [2.24, 2.45) is 0 Å². The Hall–Kier alpha value is -2.40. The zero-order valence-corrected chi connectivity index (χ0v) is 16.0. The van der Waals surface area contributed by atoms with Crippen molar-refractivity contribution in [3.05, 3.63) is 53.6 Å². The molecule has 5 nitrogen and oxygen atoms in total. The molecule has 1 amide bonds. The molecule has 0 aliphatic carbocycles. The van der Waals surface area contributed by atoms with Crippen LogP contribution < -0.4 is 19.5 Å². The molecule has 0 aromatic heterocycles. The molecule has 2 atom stereocenters. The van der Waals surface area contributed by atoms with Gasteiger partial charge < -0.3 is 19.5 Å². The van der Waals surface area contributed by atoms with Gasteiger partial charge in [-0.25, -0.2) is 0 Å². The third-order valence-corrected chi connectivity index (χ3v) is 3.96. The van der Waals surface area contributed by atoms with Crippen LogP contribution in [0.2, 0.25) is 5.02 Å². The van der Waals surface area contributed by atoms with Crippen molar-refractivity contribution in [3.8, 4) is 17.2 Å². The molecule has 0 heterocycles. The number of benzene rings is 2. The second kappa shape index (κ2) is 9.92. The van der Waals surface area contributed by atoms with E-state index in [4.69, 9.17) is 25.8 Å². The number of hydrogen-bond acceptors (Lipinski definition) is 4. The Morgan fingerprint density at radius 1 is 1.04 bits per heavy atom. The second-order valence-corrected chi connectivity index (χ2v) is 6.30. The van der Waals surface area contributed by atoms with Gasteiger partial charge in [0.25, 0.3) is 5.91 Å². The number of ether oxygens (including phenoxy) is 3. The first kappa shape index (κ1) is 19.9. The normalized spacial score (nSPS) is 12.8. The van der Waals surface area contributed by atoms with Gasteiger partial charge in [-0.05, 0) is 61.9 Å². The van der Waals surface area contributed by atoms with Crippen LogP contribution in [0.4, 0.5) is 0 Å².